The maximum absolute atomic E-state index is 13.7. The summed E-state index contributed by atoms with van der Waals surface area (Å²) in [5, 5.41) is 9.03. The first kappa shape index (κ1) is 12.0. The summed E-state index contributed by atoms with van der Waals surface area (Å²) in [7, 11) is 0. The Bertz CT molecular complexity index is 855. The molecule has 1 aromatic heterocycles. The maximum atomic E-state index is 13.7. The molecule has 8 heteroatoms. The lowest BCUT2D eigenvalue weighted by atomic mass is 10.1. The van der Waals surface area contributed by atoms with Crippen LogP contribution in [-0.4, -0.2) is 28.2 Å². The number of aromatic nitrogens is 2. The van der Waals surface area contributed by atoms with Crippen LogP contribution < -0.4 is 16.2 Å². The number of benzene rings is 1. The van der Waals surface area contributed by atoms with Crippen LogP contribution in [0.5, 0.6) is 0 Å². The Kier molecular flexibility index (Phi) is 2.54. The number of rotatable bonds is 0. The molecule has 1 atom stereocenters. The molecular weight excluding hydrogens is 267 g/mol. The van der Waals surface area contributed by atoms with E-state index in [0.29, 0.717) is 0 Å². The highest BCUT2D eigenvalue weighted by molar-refractivity contribution is 6.05. The Morgan fingerprint density at radius 1 is 1.15 bits per heavy atom. The lowest BCUT2D eigenvalue weighted by Gasteiger charge is -1.96. The van der Waals surface area contributed by atoms with E-state index < -0.39 is 29.4 Å². The fourth-order valence-corrected chi connectivity index (χ4v) is 1.87. The molecule has 3 rings (SSSR count). The summed E-state index contributed by atoms with van der Waals surface area (Å²) < 4.78 is 13.7. The van der Waals surface area contributed by atoms with Crippen LogP contribution in [0.1, 0.15) is 5.56 Å². The summed E-state index contributed by atoms with van der Waals surface area (Å²) in [6, 6.07) is 0.975. The molecule has 1 aromatic carbocycles. The summed E-state index contributed by atoms with van der Waals surface area (Å²) in [5.41, 5.74) is -0.00199. The van der Waals surface area contributed by atoms with Crippen molar-refractivity contribution in [3.05, 3.63) is 33.9 Å². The monoisotopic (exact) mass is 274 g/mol. The zero-order valence-electron chi connectivity index (χ0n) is 9.83. The molecule has 0 radical (unpaired) electrons. The van der Waals surface area contributed by atoms with Gasteiger partial charge >= 0.3 is 6.03 Å². The van der Waals surface area contributed by atoms with Gasteiger partial charge in [-0.15, -0.1) is 0 Å². The summed E-state index contributed by atoms with van der Waals surface area (Å²) in [6.45, 7) is 0. The molecule has 2 heterocycles. The largest absolute Gasteiger partial charge is 0.322 e. The molecule has 0 aliphatic carbocycles. The number of halogens is 1. The molecule has 0 spiro atoms. The average molecular weight is 274 g/mol. The third kappa shape index (κ3) is 1.91. The molecular formula is C12H7FN4O3. The van der Waals surface area contributed by atoms with Crippen molar-refractivity contribution in [1.29, 1.82) is 0 Å². The predicted octanol–water partition coefficient (Wildman–Crippen LogP) is -0.445. The Morgan fingerprint density at radius 3 is 2.65 bits per heavy atom. The Hall–Kier alpha value is -3.08. The first-order chi connectivity index (χ1) is 9.54. The van der Waals surface area contributed by atoms with Gasteiger partial charge in [0.1, 0.15) is 11.2 Å². The number of imide groups is 1. The molecule has 0 bridgehead atoms. The topological polar surface area (TPSA) is 107 Å². The standard InChI is InChI=1S/C12H7FN4O3/c13-6-3-5(4-8-9(6)11(19)17-16-8)1-2-7-10(18)15-12(20)14-7/h3-4,7H,(H2,16,17,19)(H2,14,15,18,20)/t7-/m0/s1. The van der Waals surface area contributed by atoms with Crippen LogP contribution in [0.4, 0.5) is 9.18 Å². The van der Waals surface area contributed by atoms with Crippen molar-refractivity contribution in [2.24, 2.45) is 0 Å². The molecule has 3 amide bonds. The molecule has 7 nitrogen and oxygen atoms in total. The Balaban J connectivity index is 1.98. The highest BCUT2D eigenvalue weighted by Crippen LogP contribution is 2.14. The average Bonchev–Trinajstić information content (AvgIpc) is 2.90. The van der Waals surface area contributed by atoms with Crippen LogP contribution in [0.3, 0.4) is 0 Å². The van der Waals surface area contributed by atoms with Gasteiger partial charge in [0.25, 0.3) is 11.5 Å². The van der Waals surface area contributed by atoms with E-state index >= 15 is 0 Å². The third-order valence-electron chi connectivity index (χ3n) is 2.76. The number of nitrogens with one attached hydrogen (secondary N) is 4. The van der Waals surface area contributed by atoms with Crippen LogP contribution in [0.15, 0.2) is 16.9 Å². The van der Waals surface area contributed by atoms with E-state index in [1.54, 1.807) is 0 Å². The highest BCUT2D eigenvalue weighted by atomic mass is 19.1. The number of urea groups is 1. The van der Waals surface area contributed by atoms with Gasteiger partial charge in [0.05, 0.1) is 5.52 Å². The number of carbonyl (C=O) groups is 2. The first-order valence-electron chi connectivity index (χ1n) is 5.57. The van der Waals surface area contributed by atoms with E-state index in [0.717, 1.165) is 6.07 Å². The van der Waals surface area contributed by atoms with E-state index in [1.165, 1.54) is 6.07 Å². The van der Waals surface area contributed by atoms with Crippen LogP contribution in [0, 0.1) is 17.7 Å². The number of hydrogen-bond acceptors (Lipinski definition) is 3. The number of H-pyrrole nitrogens is 2. The van der Waals surface area contributed by atoms with Crippen molar-refractivity contribution < 1.29 is 14.0 Å². The molecule has 100 valence electrons. The van der Waals surface area contributed by atoms with Crippen molar-refractivity contribution in [2.75, 3.05) is 0 Å². The van der Waals surface area contributed by atoms with E-state index in [9.17, 15) is 18.8 Å². The molecule has 1 saturated heterocycles. The molecule has 1 aliphatic heterocycles. The van der Waals surface area contributed by atoms with Gasteiger partial charge in [-0.25, -0.2) is 9.18 Å². The summed E-state index contributed by atoms with van der Waals surface area (Å²) in [5.74, 6) is 3.82. The van der Waals surface area contributed by atoms with Gasteiger partial charge in [0.2, 0.25) is 0 Å². The van der Waals surface area contributed by atoms with Crippen molar-refractivity contribution in [3.63, 3.8) is 0 Å². The number of amides is 3. The van der Waals surface area contributed by atoms with Gasteiger partial charge in [-0.2, -0.15) is 0 Å². The second-order valence-corrected chi connectivity index (χ2v) is 4.12. The van der Waals surface area contributed by atoms with Crippen LogP contribution >= 0.6 is 0 Å². The SMILES string of the molecule is O=C1NC(=O)[C@H](C#Cc2cc(F)c3c(=O)[nH][nH]c3c2)N1. The third-order valence-corrected chi connectivity index (χ3v) is 2.76. The van der Waals surface area contributed by atoms with Crippen LogP contribution in [0.2, 0.25) is 0 Å². The maximum Gasteiger partial charge on any atom is 0.322 e. The van der Waals surface area contributed by atoms with Crippen molar-refractivity contribution >= 4 is 22.8 Å². The van der Waals surface area contributed by atoms with E-state index in [4.69, 9.17) is 0 Å². The molecule has 1 fully saturated rings. The number of hydrogen-bond donors (Lipinski definition) is 4. The molecule has 20 heavy (non-hydrogen) atoms. The minimum Gasteiger partial charge on any atom is -0.316 e. The van der Waals surface area contributed by atoms with Crippen LogP contribution in [0.25, 0.3) is 10.9 Å². The number of aromatic amines is 2. The van der Waals surface area contributed by atoms with E-state index in [1.807, 2.05) is 5.32 Å². The quantitative estimate of drug-likeness (QED) is 0.386. The fraction of sp³-hybridized carbons (Fsp3) is 0.0833. The second kappa shape index (κ2) is 4.24. The normalized spacial score (nSPS) is 17.6. The highest BCUT2D eigenvalue weighted by Gasteiger charge is 2.27. The molecule has 0 saturated carbocycles. The minimum absolute atomic E-state index is 0.0811. The number of carbonyl (C=O) groups excluding carboxylic acids is 2. The summed E-state index contributed by atoms with van der Waals surface area (Å²) >= 11 is 0. The van der Waals surface area contributed by atoms with Gasteiger partial charge in [0, 0.05) is 5.56 Å². The first-order valence-corrected chi connectivity index (χ1v) is 5.57. The smallest absolute Gasteiger partial charge is 0.316 e. The lowest BCUT2D eigenvalue weighted by molar-refractivity contribution is -0.119. The Labute approximate surface area is 110 Å². The predicted molar refractivity (Wildman–Crippen MR) is 66.2 cm³/mol. The van der Waals surface area contributed by atoms with Crippen LogP contribution in [-0.2, 0) is 4.79 Å². The van der Waals surface area contributed by atoms with Gasteiger partial charge in [0.15, 0.2) is 6.04 Å². The minimum atomic E-state index is -0.966. The lowest BCUT2D eigenvalue weighted by Crippen LogP contribution is -2.26. The summed E-state index contributed by atoms with van der Waals surface area (Å²) in [4.78, 5) is 33.5. The van der Waals surface area contributed by atoms with Crippen molar-refractivity contribution in [3.8, 4) is 11.8 Å². The van der Waals surface area contributed by atoms with Gasteiger partial charge in [-0.1, -0.05) is 11.8 Å². The summed E-state index contributed by atoms with van der Waals surface area (Å²) in [6.07, 6.45) is 0. The van der Waals surface area contributed by atoms with Crippen molar-refractivity contribution in [2.45, 2.75) is 6.04 Å². The second-order valence-electron chi connectivity index (χ2n) is 4.12. The molecule has 1 aliphatic rings. The zero-order chi connectivity index (χ0) is 14.3. The molecule has 4 N–H and O–H groups in total. The fourth-order valence-electron chi connectivity index (χ4n) is 1.87. The molecule has 2 aromatic rings. The van der Waals surface area contributed by atoms with Gasteiger partial charge < -0.3 is 5.32 Å². The van der Waals surface area contributed by atoms with Crippen molar-refractivity contribution in [1.82, 2.24) is 20.8 Å². The van der Waals surface area contributed by atoms with E-state index in [-0.39, 0.29) is 16.5 Å². The van der Waals surface area contributed by atoms with E-state index in [2.05, 4.69) is 27.4 Å². The van der Waals surface area contributed by atoms with Gasteiger partial charge in [-0.3, -0.25) is 25.1 Å². The van der Waals surface area contributed by atoms with Gasteiger partial charge in [-0.05, 0) is 12.1 Å². The molecule has 0 unspecified atom stereocenters. The zero-order valence-corrected chi connectivity index (χ0v) is 9.83. The number of fused-ring (bicyclic) bond motifs is 1. The Morgan fingerprint density at radius 2 is 1.95 bits per heavy atom.